The van der Waals surface area contributed by atoms with Crippen molar-refractivity contribution in [2.75, 3.05) is 12.3 Å². The van der Waals surface area contributed by atoms with Gasteiger partial charge in [-0.3, -0.25) is 0 Å². The molecule has 170 valence electrons. The highest BCUT2D eigenvalue weighted by Gasteiger charge is 2.25. The monoisotopic (exact) mass is 449 g/mol. The number of hydrogen-bond acceptors (Lipinski definition) is 5. The van der Waals surface area contributed by atoms with E-state index >= 15 is 0 Å². The molecule has 0 spiro atoms. The Morgan fingerprint density at radius 2 is 1.71 bits per heavy atom. The second-order valence-corrected chi connectivity index (χ2v) is 9.23. The third-order valence-corrected chi connectivity index (χ3v) is 7.18. The van der Waals surface area contributed by atoms with Crippen LogP contribution in [0.4, 0.5) is 5.82 Å². The Kier molecular flexibility index (Phi) is 5.23. The molecule has 1 aliphatic rings. The van der Waals surface area contributed by atoms with Gasteiger partial charge in [-0.05, 0) is 49.3 Å². The molecule has 0 radical (unpaired) electrons. The Labute approximate surface area is 198 Å². The highest BCUT2D eigenvalue weighted by Crippen LogP contribution is 2.39. The maximum atomic E-state index is 9.54. The number of nitrogens with two attached hydrogens (primary N) is 1. The van der Waals surface area contributed by atoms with E-state index in [0.29, 0.717) is 17.8 Å². The fourth-order valence-corrected chi connectivity index (χ4v) is 5.27. The van der Waals surface area contributed by atoms with Crippen LogP contribution in [0.25, 0.3) is 44.3 Å². The largest absolute Gasteiger partial charge is 0.396 e. The van der Waals surface area contributed by atoms with E-state index in [-0.39, 0.29) is 6.61 Å². The Balaban J connectivity index is 1.46. The van der Waals surface area contributed by atoms with Gasteiger partial charge in [0.25, 0.3) is 0 Å². The Bertz CT molecular complexity index is 1470. The van der Waals surface area contributed by atoms with Crippen molar-refractivity contribution < 1.29 is 5.11 Å². The lowest BCUT2D eigenvalue weighted by atomic mass is 9.86. The minimum Gasteiger partial charge on any atom is -0.396 e. The van der Waals surface area contributed by atoms with Gasteiger partial charge in [0.1, 0.15) is 17.8 Å². The van der Waals surface area contributed by atoms with E-state index in [1.165, 1.54) is 0 Å². The second kappa shape index (κ2) is 8.54. The summed E-state index contributed by atoms with van der Waals surface area (Å²) in [6.07, 6.45) is 7.83. The first-order valence-electron chi connectivity index (χ1n) is 11.9. The minimum absolute atomic E-state index is 0.272. The highest BCUT2D eigenvalue weighted by atomic mass is 16.3. The topological polar surface area (TPSA) is 89.9 Å². The molecular weight excluding hydrogens is 422 g/mol. The first-order chi connectivity index (χ1) is 16.7. The van der Waals surface area contributed by atoms with E-state index in [2.05, 4.69) is 63.2 Å². The second-order valence-electron chi connectivity index (χ2n) is 9.23. The molecule has 0 unspecified atom stereocenters. The average Bonchev–Trinajstić information content (AvgIpc) is 3.30. The van der Waals surface area contributed by atoms with E-state index in [0.717, 1.165) is 70.0 Å². The molecule has 6 heteroatoms. The van der Waals surface area contributed by atoms with Crippen LogP contribution in [0, 0.1) is 5.92 Å². The number of rotatable bonds is 4. The lowest BCUT2D eigenvalue weighted by Gasteiger charge is -2.28. The molecule has 5 aromatic rings. The molecule has 0 amide bonds. The standard InChI is InChI=1S/C28H27N5O/c29-27-26-23(15-33(28(26)31-17-30-27)22-11-6-18(16-34)7-12-22)21-9-8-20-10-13-24(32-25(20)14-21)19-4-2-1-3-5-19/h1-5,8-10,13-15,17-18,22,34H,6-7,11-12,16H2,(H2,29,30,31). The van der Waals surface area contributed by atoms with Crippen LogP contribution >= 0.6 is 0 Å². The van der Waals surface area contributed by atoms with E-state index in [9.17, 15) is 5.11 Å². The lowest BCUT2D eigenvalue weighted by molar-refractivity contribution is 0.170. The molecule has 1 saturated carbocycles. The summed E-state index contributed by atoms with van der Waals surface area (Å²) in [5.41, 5.74) is 12.3. The van der Waals surface area contributed by atoms with Crippen LogP contribution in [0.15, 0.2) is 73.2 Å². The van der Waals surface area contributed by atoms with Crippen LogP contribution < -0.4 is 5.73 Å². The third kappa shape index (κ3) is 3.60. The maximum absolute atomic E-state index is 9.54. The van der Waals surface area contributed by atoms with Crippen LogP contribution in [-0.2, 0) is 0 Å². The number of aliphatic hydroxyl groups excluding tert-OH is 1. The summed E-state index contributed by atoms with van der Waals surface area (Å²) in [6.45, 7) is 0.272. The van der Waals surface area contributed by atoms with Crippen molar-refractivity contribution >= 4 is 27.8 Å². The van der Waals surface area contributed by atoms with Crippen LogP contribution in [-0.4, -0.2) is 31.2 Å². The first-order valence-corrected chi connectivity index (χ1v) is 11.9. The Morgan fingerprint density at radius 1 is 0.912 bits per heavy atom. The van der Waals surface area contributed by atoms with Gasteiger partial charge in [-0.25, -0.2) is 15.0 Å². The lowest BCUT2D eigenvalue weighted by Crippen LogP contribution is -2.20. The van der Waals surface area contributed by atoms with Crippen molar-refractivity contribution in [1.82, 2.24) is 19.5 Å². The highest BCUT2D eigenvalue weighted by molar-refractivity contribution is 6.02. The van der Waals surface area contributed by atoms with Gasteiger partial charge >= 0.3 is 0 Å². The number of nitrogen functional groups attached to an aromatic ring is 1. The summed E-state index contributed by atoms with van der Waals surface area (Å²) in [5.74, 6) is 0.900. The molecule has 3 heterocycles. The first kappa shape index (κ1) is 20.8. The van der Waals surface area contributed by atoms with Gasteiger partial charge in [0.2, 0.25) is 0 Å². The van der Waals surface area contributed by atoms with Crippen molar-refractivity contribution in [3.63, 3.8) is 0 Å². The number of pyridine rings is 1. The van der Waals surface area contributed by atoms with Gasteiger partial charge < -0.3 is 15.4 Å². The molecule has 3 aromatic heterocycles. The summed E-state index contributed by atoms with van der Waals surface area (Å²) in [5, 5.41) is 11.5. The van der Waals surface area contributed by atoms with E-state index in [4.69, 9.17) is 10.7 Å². The fourth-order valence-electron chi connectivity index (χ4n) is 5.27. The van der Waals surface area contributed by atoms with E-state index in [1.807, 2.05) is 18.2 Å². The summed E-state index contributed by atoms with van der Waals surface area (Å²) >= 11 is 0. The van der Waals surface area contributed by atoms with Gasteiger partial charge in [-0.2, -0.15) is 0 Å². The van der Waals surface area contributed by atoms with Crippen LogP contribution in [0.1, 0.15) is 31.7 Å². The summed E-state index contributed by atoms with van der Waals surface area (Å²) in [7, 11) is 0. The van der Waals surface area contributed by atoms with Gasteiger partial charge in [0.05, 0.1) is 16.6 Å². The van der Waals surface area contributed by atoms with Crippen LogP contribution in [0.3, 0.4) is 0 Å². The predicted octanol–water partition coefficient (Wildman–Crippen LogP) is 5.62. The van der Waals surface area contributed by atoms with Gasteiger partial charge in [0.15, 0.2) is 0 Å². The summed E-state index contributed by atoms with van der Waals surface area (Å²) in [4.78, 5) is 13.9. The molecule has 6 nitrogen and oxygen atoms in total. The molecule has 6 rings (SSSR count). The molecule has 3 N–H and O–H groups in total. The number of benzene rings is 2. The van der Waals surface area contributed by atoms with Crippen molar-refractivity contribution in [2.45, 2.75) is 31.7 Å². The summed E-state index contributed by atoms with van der Waals surface area (Å²) < 4.78 is 2.27. The zero-order valence-corrected chi connectivity index (χ0v) is 18.9. The van der Waals surface area contributed by atoms with Gasteiger partial charge in [0, 0.05) is 35.4 Å². The maximum Gasteiger partial charge on any atom is 0.146 e. The van der Waals surface area contributed by atoms with Crippen molar-refractivity contribution in [2.24, 2.45) is 5.92 Å². The summed E-state index contributed by atoms with van der Waals surface area (Å²) in [6, 6.07) is 21.1. The molecule has 0 aliphatic heterocycles. The number of anilines is 1. The van der Waals surface area contributed by atoms with E-state index < -0.39 is 0 Å². The molecule has 0 atom stereocenters. The molecule has 0 bridgehead atoms. The molecule has 34 heavy (non-hydrogen) atoms. The van der Waals surface area contributed by atoms with Crippen molar-refractivity contribution in [1.29, 1.82) is 0 Å². The zero-order valence-electron chi connectivity index (χ0n) is 18.9. The Hall–Kier alpha value is -3.77. The molecule has 1 fully saturated rings. The van der Waals surface area contributed by atoms with Crippen molar-refractivity contribution in [3.8, 4) is 22.4 Å². The molecule has 0 saturated heterocycles. The van der Waals surface area contributed by atoms with Crippen LogP contribution in [0.2, 0.25) is 0 Å². The van der Waals surface area contributed by atoms with Gasteiger partial charge in [-0.15, -0.1) is 0 Å². The molecular formula is C28H27N5O. The van der Waals surface area contributed by atoms with E-state index in [1.54, 1.807) is 6.33 Å². The predicted molar refractivity (Wildman–Crippen MR) is 136 cm³/mol. The smallest absolute Gasteiger partial charge is 0.146 e. The number of fused-ring (bicyclic) bond motifs is 2. The average molecular weight is 450 g/mol. The quantitative estimate of drug-likeness (QED) is 0.372. The van der Waals surface area contributed by atoms with Gasteiger partial charge in [-0.1, -0.05) is 48.5 Å². The molecule has 1 aliphatic carbocycles. The number of nitrogens with zero attached hydrogens (tertiary/aromatic N) is 4. The number of aromatic nitrogens is 4. The van der Waals surface area contributed by atoms with Crippen molar-refractivity contribution in [3.05, 3.63) is 73.2 Å². The molecule has 2 aromatic carbocycles. The SMILES string of the molecule is Nc1ncnc2c1c(-c1ccc3ccc(-c4ccccc4)nc3c1)cn2C1CCC(CO)CC1. The zero-order chi connectivity index (χ0) is 23.1. The number of hydrogen-bond donors (Lipinski definition) is 2. The Morgan fingerprint density at radius 3 is 2.50 bits per heavy atom. The normalized spacial score (nSPS) is 18.5. The minimum atomic E-state index is 0.272. The number of aliphatic hydroxyl groups is 1. The van der Waals surface area contributed by atoms with Crippen LogP contribution in [0.5, 0.6) is 0 Å². The fraction of sp³-hybridized carbons (Fsp3) is 0.250. The third-order valence-electron chi connectivity index (χ3n) is 7.18.